The summed E-state index contributed by atoms with van der Waals surface area (Å²) in [6, 6.07) is 12.1. The molecule has 6 nitrogen and oxygen atoms in total. The van der Waals surface area contributed by atoms with E-state index in [0.717, 1.165) is 43.0 Å². The fourth-order valence-corrected chi connectivity index (χ4v) is 3.07. The van der Waals surface area contributed by atoms with Gasteiger partial charge in [0, 0.05) is 37.2 Å². The Morgan fingerprint density at radius 2 is 2.00 bits per heavy atom. The van der Waals surface area contributed by atoms with Crippen LogP contribution in [0.2, 0.25) is 0 Å². The Labute approximate surface area is 160 Å². The van der Waals surface area contributed by atoms with Crippen molar-refractivity contribution in [1.82, 2.24) is 15.2 Å². The van der Waals surface area contributed by atoms with Crippen LogP contribution in [0.5, 0.6) is 5.75 Å². The smallest absolute Gasteiger partial charge is 0.176 e. The van der Waals surface area contributed by atoms with Gasteiger partial charge in [-0.1, -0.05) is 18.2 Å². The highest BCUT2D eigenvalue weighted by atomic mass is 16.5. The van der Waals surface area contributed by atoms with Crippen LogP contribution in [0.25, 0.3) is 0 Å². The van der Waals surface area contributed by atoms with E-state index in [1.54, 1.807) is 19.5 Å². The number of nitrogens with one attached hydrogen (secondary N) is 1. The molecule has 1 aromatic heterocycles. The summed E-state index contributed by atoms with van der Waals surface area (Å²) in [6.07, 6.45) is 9.40. The van der Waals surface area contributed by atoms with Crippen molar-refractivity contribution < 1.29 is 4.74 Å². The Morgan fingerprint density at radius 1 is 1.19 bits per heavy atom. The zero-order valence-corrected chi connectivity index (χ0v) is 15.7. The Hall–Kier alpha value is -2.70. The van der Waals surface area contributed by atoms with Gasteiger partial charge in [-0.05, 0) is 49.2 Å². The van der Waals surface area contributed by atoms with Crippen molar-refractivity contribution in [2.45, 2.75) is 19.1 Å². The number of rotatable bonds is 9. The number of benzene rings is 1. The number of para-hydroxylation sites is 1. The molecule has 0 spiro atoms. The van der Waals surface area contributed by atoms with Crippen LogP contribution in [-0.4, -0.2) is 48.6 Å². The zero-order valence-electron chi connectivity index (χ0n) is 15.7. The Balaban J connectivity index is 1.68. The van der Waals surface area contributed by atoms with Crippen molar-refractivity contribution in [1.29, 1.82) is 0 Å². The molecule has 0 radical (unpaired) electrons. The summed E-state index contributed by atoms with van der Waals surface area (Å²) >= 11 is 0. The summed E-state index contributed by atoms with van der Waals surface area (Å²) in [5, 5.41) is 3.56. The summed E-state index contributed by atoms with van der Waals surface area (Å²) in [5.74, 6) is 0.920. The van der Waals surface area contributed by atoms with Gasteiger partial charge in [0.05, 0.1) is 12.8 Å². The molecule has 0 saturated heterocycles. The average molecular weight is 365 g/mol. The standard InChI is InChI=1S/C21H27N5O/c1-27-20-6-3-2-5-18(20)9-14-24-21-25-19(17-7-12-23-13-8-17)10-16-26(21)15-4-11-22/h2-3,5-8,10,12-13,16,21,24H,4,9,11,14-15,22H2,1H3. The first-order chi connectivity index (χ1) is 13.3. The highest BCUT2D eigenvalue weighted by Crippen LogP contribution is 2.18. The van der Waals surface area contributed by atoms with Gasteiger partial charge in [-0.3, -0.25) is 10.3 Å². The van der Waals surface area contributed by atoms with Gasteiger partial charge in [-0.2, -0.15) is 0 Å². The molecule has 142 valence electrons. The van der Waals surface area contributed by atoms with Gasteiger partial charge in [0.2, 0.25) is 0 Å². The molecule has 0 amide bonds. The van der Waals surface area contributed by atoms with Gasteiger partial charge in [0.15, 0.2) is 6.29 Å². The van der Waals surface area contributed by atoms with Crippen LogP contribution in [0.1, 0.15) is 17.5 Å². The molecule has 1 aliphatic heterocycles. The zero-order chi connectivity index (χ0) is 18.9. The third kappa shape index (κ3) is 5.15. The largest absolute Gasteiger partial charge is 0.496 e. The van der Waals surface area contributed by atoms with Crippen molar-refractivity contribution in [3.63, 3.8) is 0 Å². The molecule has 1 atom stereocenters. The Morgan fingerprint density at radius 3 is 2.78 bits per heavy atom. The van der Waals surface area contributed by atoms with Crippen LogP contribution in [0, 0.1) is 0 Å². The maximum absolute atomic E-state index is 5.69. The number of methoxy groups -OCH3 is 1. The van der Waals surface area contributed by atoms with Crippen LogP contribution < -0.4 is 15.8 Å². The highest BCUT2D eigenvalue weighted by Gasteiger charge is 2.18. The third-order valence-electron chi connectivity index (χ3n) is 4.51. The normalized spacial score (nSPS) is 16.3. The van der Waals surface area contributed by atoms with Crippen LogP contribution in [0.15, 0.2) is 66.1 Å². The summed E-state index contributed by atoms with van der Waals surface area (Å²) in [5.41, 5.74) is 8.90. The van der Waals surface area contributed by atoms with Gasteiger partial charge in [0.1, 0.15) is 5.75 Å². The molecule has 0 fully saturated rings. The van der Waals surface area contributed by atoms with Crippen molar-refractivity contribution in [2.75, 3.05) is 26.7 Å². The second-order valence-corrected chi connectivity index (χ2v) is 6.34. The molecule has 2 heterocycles. The van der Waals surface area contributed by atoms with E-state index in [2.05, 4.69) is 27.5 Å². The van der Waals surface area contributed by atoms with Crippen LogP contribution >= 0.6 is 0 Å². The van der Waals surface area contributed by atoms with Gasteiger partial charge in [-0.15, -0.1) is 0 Å². The van der Waals surface area contributed by atoms with Crippen molar-refractivity contribution >= 4 is 5.71 Å². The first kappa shape index (κ1) is 19.1. The molecule has 27 heavy (non-hydrogen) atoms. The van der Waals surface area contributed by atoms with Crippen LogP contribution in [0.4, 0.5) is 0 Å². The molecule has 2 aromatic rings. The van der Waals surface area contributed by atoms with E-state index in [-0.39, 0.29) is 6.29 Å². The molecule has 1 aliphatic rings. The molecule has 0 aliphatic carbocycles. The number of pyridine rings is 1. The molecular weight excluding hydrogens is 338 g/mol. The quantitative estimate of drug-likeness (QED) is 0.712. The summed E-state index contributed by atoms with van der Waals surface area (Å²) < 4.78 is 5.44. The maximum Gasteiger partial charge on any atom is 0.176 e. The lowest BCUT2D eigenvalue weighted by atomic mass is 10.1. The minimum absolute atomic E-state index is 0.112. The predicted octanol–water partition coefficient (Wildman–Crippen LogP) is 2.17. The van der Waals surface area contributed by atoms with Gasteiger partial charge in [0.25, 0.3) is 0 Å². The average Bonchev–Trinajstić information content (AvgIpc) is 2.73. The van der Waals surface area contributed by atoms with Crippen LogP contribution in [0.3, 0.4) is 0 Å². The SMILES string of the molecule is COc1ccccc1CCNC1N=C(c2ccncc2)C=CN1CCCN. The van der Waals surface area contributed by atoms with Crippen molar-refractivity contribution in [3.8, 4) is 5.75 Å². The minimum atomic E-state index is -0.112. The van der Waals surface area contributed by atoms with Crippen LogP contribution in [-0.2, 0) is 6.42 Å². The van der Waals surface area contributed by atoms with Gasteiger partial charge in [-0.25, -0.2) is 4.99 Å². The fraction of sp³-hybridized carbons (Fsp3) is 0.333. The number of nitrogens with zero attached hydrogens (tertiary/aromatic N) is 3. The third-order valence-corrected chi connectivity index (χ3v) is 4.51. The summed E-state index contributed by atoms with van der Waals surface area (Å²) in [7, 11) is 1.71. The number of nitrogens with two attached hydrogens (primary N) is 1. The monoisotopic (exact) mass is 365 g/mol. The first-order valence-electron chi connectivity index (χ1n) is 9.29. The second kappa shape index (κ2) is 9.85. The molecule has 6 heteroatoms. The molecule has 3 rings (SSSR count). The van der Waals surface area contributed by atoms with E-state index in [0.29, 0.717) is 6.54 Å². The molecule has 0 bridgehead atoms. The fourth-order valence-electron chi connectivity index (χ4n) is 3.07. The topological polar surface area (TPSA) is 75.8 Å². The maximum atomic E-state index is 5.69. The minimum Gasteiger partial charge on any atom is -0.496 e. The van der Waals surface area contributed by atoms with E-state index in [9.17, 15) is 0 Å². The lowest BCUT2D eigenvalue weighted by molar-refractivity contribution is 0.237. The Bertz CT molecular complexity index is 775. The number of allylic oxidation sites excluding steroid dienone is 1. The number of ether oxygens (including phenoxy) is 1. The van der Waals surface area contributed by atoms with E-state index in [4.69, 9.17) is 15.5 Å². The molecule has 0 saturated carbocycles. The Kier molecular flexibility index (Phi) is 6.96. The van der Waals surface area contributed by atoms with Crippen molar-refractivity contribution in [2.24, 2.45) is 10.7 Å². The van der Waals surface area contributed by atoms with E-state index >= 15 is 0 Å². The number of hydrogen-bond donors (Lipinski definition) is 2. The molecular formula is C21H27N5O. The van der Waals surface area contributed by atoms with E-state index in [1.165, 1.54) is 5.56 Å². The lowest BCUT2D eigenvalue weighted by Gasteiger charge is -2.31. The number of aromatic nitrogens is 1. The number of aliphatic imine (C=N–C) groups is 1. The molecule has 1 aromatic carbocycles. The summed E-state index contributed by atoms with van der Waals surface area (Å²) in [4.78, 5) is 11.2. The number of hydrogen-bond acceptors (Lipinski definition) is 6. The predicted molar refractivity (Wildman–Crippen MR) is 109 cm³/mol. The highest BCUT2D eigenvalue weighted by molar-refractivity contribution is 6.08. The second-order valence-electron chi connectivity index (χ2n) is 6.34. The van der Waals surface area contributed by atoms with E-state index in [1.807, 2.05) is 36.4 Å². The van der Waals surface area contributed by atoms with E-state index < -0.39 is 0 Å². The molecule has 3 N–H and O–H groups in total. The van der Waals surface area contributed by atoms with Gasteiger partial charge >= 0.3 is 0 Å². The lowest BCUT2D eigenvalue weighted by Crippen LogP contribution is -2.45. The first-order valence-corrected chi connectivity index (χ1v) is 9.29. The molecule has 1 unspecified atom stereocenters. The van der Waals surface area contributed by atoms with Gasteiger partial charge < -0.3 is 15.4 Å². The summed E-state index contributed by atoms with van der Waals surface area (Å²) in [6.45, 7) is 2.33. The van der Waals surface area contributed by atoms with Crippen molar-refractivity contribution in [3.05, 3.63) is 72.2 Å².